The van der Waals surface area contributed by atoms with Gasteiger partial charge in [0.2, 0.25) is 15.9 Å². The summed E-state index contributed by atoms with van der Waals surface area (Å²) < 4.78 is 31.6. The third-order valence-corrected chi connectivity index (χ3v) is 6.91. The van der Waals surface area contributed by atoms with Crippen LogP contribution in [-0.4, -0.2) is 59.6 Å². The summed E-state index contributed by atoms with van der Waals surface area (Å²) in [4.78, 5) is 15.6. The molecule has 1 fully saturated rings. The van der Waals surface area contributed by atoms with Crippen LogP contribution in [-0.2, 0) is 10.0 Å². The van der Waals surface area contributed by atoms with Crippen LogP contribution in [0.15, 0.2) is 47.1 Å². The van der Waals surface area contributed by atoms with E-state index in [1.54, 1.807) is 19.3 Å². The summed E-state index contributed by atoms with van der Waals surface area (Å²) in [5.41, 5.74) is 2.26. The average Bonchev–Trinajstić information content (AvgIpc) is 3.25. The van der Waals surface area contributed by atoms with E-state index in [2.05, 4.69) is 9.97 Å². The van der Waals surface area contributed by atoms with Gasteiger partial charge in [-0.05, 0) is 13.8 Å². The van der Waals surface area contributed by atoms with E-state index in [1.165, 1.54) is 4.31 Å². The number of piperazine rings is 1. The van der Waals surface area contributed by atoms with Crippen LogP contribution >= 0.6 is 0 Å². The topological polar surface area (TPSA) is 92.4 Å². The highest BCUT2D eigenvalue weighted by Crippen LogP contribution is 2.27. The molecule has 29 heavy (non-hydrogen) atoms. The van der Waals surface area contributed by atoms with Gasteiger partial charge in [-0.1, -0.05) is 30.3 Å². The number of anilines is 1. The number of hydrogen-bond acceptors (Lipinski definition) is 7. The molecule has 1 aliphatic rings. The van der Waals surface area contributed by atoms with Gasteiger partial charge in [0.25, 0.3) is 0 Å². The number of oxazole rings is 1. The van der Waals surface area contributed by atoms with Crippen LogP contribution < -0.4 is 4.90 Å². The predicted octanol–water partition coefficient (Wildman–Crippen LogP) is 2.58. The number of sulfonamides is 1. The molecular formula is C20H23N5O3S. The van der Waals surface area contributed by atoms with E-state index in [0.29, 0.717) is 49.3 Å². The second-order valence-corrected chi connectivity index (χ2v) is 9.10. The molecule has 0 amide bonds. The van der Waals surface area contributed by atoms with Crippen LogP contribution in [0.25, 0.3) is 22.9 Å². The van der Waals surface area contributed by atoms with E-state index in [-0.39, 0.29) is 5.75 Å². The highest BCUT2D eigenvalue weighted by atomic mass is 32.2. The Labute approximate surface area is 170 Å². The maximum absolute atomic E-state index is 12.1. The standard InChI is InChI=1S/C20H23N5O3S/c1-3-29(26,27)25-11-9-24(10-12-25)18-14-21-15(2)19(23-18)20-22-13-17(28-20)16-7-5-4-6-8-16/h4-8,13-14H,3,9-12H2,1-2H3. The first kappa shape index (κ1) is 19.5. The Morgan fingerprint density at radius 3 is 2.45 bits per heavy atom. The number of aromatic nitrogens is 3. The Morgan fingerprint density at radius 1 is 1.03 bits per heavy atom. The molecule has 0 unspecified atom stereocenters. The largest absolute Gasteiger partial charge is 0.435 e. The summed E-state index contributed by atoms with van der Waals surface area (Å²) in [6, 6.07) is 9.76. The first-order valence-electron chi connectivity index (χ1n) is 9.56. The predicted molar refractivity (Wildman–Crippen MR) is 111 cm³/mol. The van der Waals surface area contributed by atoms with E-state index in [9.17, 15) is 8.42 Å². The molecular weight excluding hydrogens is 390 g/mol. The van der Waals surface area contributed by atoms with Gasteiger partial charge < -0.3 is 9.32 Å². The summed E-state index contributed by atoms with van der Waals surface area (Å²) in [5, 5.41) is 0. The van der Waals surface area contributed by atoms with E-state index < -0.39 is 10.0 Å². The molecule has 0 atom stereocenters. The molecule has 9 heteroatoms. The van der Waals surface area contributed by atoms with E-state index in [1.807, 2.05) is 42.2 Å². The minimum atomic E-state index is -3.16. The SMILES string of the molecule is CCS(=O)(=O)N1CCN(c2cnc(C)c(-c3ncc(-c4ccccc4)o3)n2)CC1. The third kappa shape index (κ3) is 4.01. The fourth-order valence-electron chi connectivity index (χ4n) is 3.29. The number of rotatable bonds is 5. The van der Waals surface area contributed by atoms with Crippen molar-refractivity contribution in [3.8, 4) is 22.9 Å². The third-order valence-electron chi connectivity index (χ3n) is 5.03. The molecule has 8 nitrogen and oxygen atoms in total. The van der Waals surface area contributed by atoms with Crippen LogP contribution in [0, 0.1) is 6.92 Å². The summed E-state index contributed by atoms with van der Waals surface area (Å²) in [5.74, 6) is 1.90. The van der Waals surface area contributed by atoms with E-state index in [0.717, 1.165) is 11.3 Å². The van der Waals surface area contributed by atoms with Gasteiger partial charge in [0.1, 0.15) is 11.5 Å². The Morgan fingerprint density at radius 2 is 1.76 bits per heavy atom. The Bertz CT molecular complexity index is 1090. The van der Waals surface area contributed by atoms with Crippen molar-refractivity contribution >= 4 is 15.8 Å². The molecule has 2 aromatic heterocycles. The second-order valence-electron chi connectivity index (χ2n) is 6.84. The molecule has 1 aromatic carbocycles. The van der Waals surface area contributed by atoms with Crippen molar-refractivity contribution in [2.75, 3.05) is 36.8 Å². The average molecular weight is 414 g/mol. The molecule has 1 saturated heterocycles. The van der Waals surface area contributed by atoms with Crippen LogP contribution in [0.5, 0.6) is 0 Å². The van der Waals surface area contributed by atoms with E-state index in [4.69, 9.17) is 9.40 Å². The van der Waals surface area contributed by atoms with Crippen LogP contribution in [0.3, 0.4) is 0 Å². The highest BCUT2D eigenvalue weighted by molar-refractivity contribution is 7.89. The summed E-state index contributed by atoms with van der Waals surface area (Å²) in [6.45, 7) is 5.55. The van der Waals surface area contributed by atoms with Crippen molar-refractivity contribution in [3.05, 3.63) is 48.4 Å². The van der Waals surface area contributed by atoms with Crippen molar-refractivity contribution in [1.82, 2.24) is 19.3 Å². The van der Waals surface area contributed by atoms with Gasteiger partial charge in [-0.25, -0.2) is 18.4 Å². The minimum absolute atomic E-state index is 0.120. The lowest BCUT2D eigenvalue weighted by Gasteiger charge is -2.34. The van der Waals surface area contributed by atoms with Crippen LogP contribution in [0.2, 0.25) is 0 Å². The lowest BCUT2D eigenvalue weighted by molar-refractivity contribution is 0.384. The zero-order valence-corrected chi connectivity index (χ0v) is 17.3. The zero-order chi connectivity index (χ0) is 20.4. The van der Waals surface area contributed by atoms with Crippen molar-refractivity contribution in [3.63, 3.8) is 0 Å². The van der Waals surface area contributed by atoms with Gasteiger partial charge in [0, 0.05) is 31.7 Å². The second kappa shape index (κ2) is 7.92. The molecule has 0 bridgehead atoms. The summed E-state index contributed by atoms with van der Waals surface area (Å²) in [7, 11) is -3.16. The smallest absolute Gasteiger partial charge is 0.247 e. The number of hydrogen-bond donors (Lipinski definition) is 0. The molecule has 0 aliphatic carbocycles. The number of benzene rings is 1. The minimum Gasteiger partial charge on any atom is -0.435 e. The van der Waals surface area contributed by atoms with Gasteiger partial charge in [-0.15, -0.1) is 0 Å². The fourth-order valence-corrected chi connectivity index (χ4v) is 4.38. The van der Waals surface area contributed by atoms with Crippen LogP contribution in [0.1, 0.15) is 12.6 Å². The molecule has 3 aromatic rings. The van der Waals surface area contributed by atoms with Crippen molar-refractivity contribution in [2.24, 2.45) is 0 Å². The Balaban J connectivity index is 1.56. The van der Waals surface area contributed by atoms with Gasteiger partial charge in [-0.3, -0.25) is 4.98 Å². The van der Waals surface area contributed by atoms with Gasteiger partial charge in [0.15, 0.2) is 5.76 Å². The maximum Gasteiger partial charge on any atom is 0.247 e. The Kier molecular flexibility index (Phi) is 5.33. The lowest BCUT2D eigenvalue weighted by atomic mass is 10.2. The molecule has 152 valence electrons. The maximum atomic E-state index is 12.1. The summed E-state index contributed by atoms with van der Waals surface area (Å²) >= 11 is 0. The molecule has 0 radical (unpaired) electrons. The van der Waals surface area contributed by atoms with Gasteiger partial charge in [0.05, 0.1) is 23.8 Å². The number of nitrogens with zero attached hydrogens (tertiary/aromatic N) is 5. The van der Waals surface area contributed by atoms with Crippen LogP contribution in [0.4, 0.5) is 5.82 Å². The van der Waals surface area contributed by atoms with Gasteiger partial charge in [-0.2, -0.15) is 4.31 Å². The summed E-state index contributed by atoms with van der Waals surface area (Å²) in [6.07, 6.45) is 3.40. The molecule has 3 heterocycles. The molecule has 1 aliphatic heterocycles. The normalized spacial score (nSPS) is 15.6. The number of aryl methyl sites for hydroxylation is 1. The highest BCUT2D eigenvalue weighted by Gasteiger charge is 2.26. The zero-order valence-electron chi connectivity index (χ0n) is 16.4. The molecule has 0 spiro atoms. The lowest BCUT2D eigenvalue weighted by Crippen LogP contribution is -2.49. The van der Waals surface area contributed by atoms with Crippen molar-refractivity contribution in [2.45, 2.75) is 13.8 Å². The quantitative estimate of drug-likeness (QED) is 0.635. The molecule has 4 rings (SSSR count). The van der Waals surface area contributed by atoms with Crippen molar-refractivity contribution in [1.29, 1.82) is 0 Å². The van der Waals surface area contributed by atoms with Crippen molar-refractivity contribution < 1.29 is 12.8 Å². The first-order valence-corrected chi connectivity index (χ1v) is 11.2. The Hall–Kier alpha value is -2.78. The fraction of sp³-hybridized carbons (Fsp3) is 0.350. The first-order chi connectivity index (χ1) is 14.0. The molecule has 0 saturated carbocycles. The van der Waals surface area contributed by atoms with Gasteiger partial charge >= 0.3 is 0 Å². The van der Waals surface area contributed by atoms with E-state index >= 15 is 0 Å². The molecule has 0 N–H and O–H groups in total. The monoisotopic (exact) mass is 413 g/mol.